The van der Waals surface area contributed by atoms with Crippen molar-refractivity contribution in [2.45, 2.75) is 13.0 Å². The van der Waals surface area contributed by atoms with Gasteiger partial charge in [-0.15, -0.1) is 0 Å². The molecule has 1 aromatic carbocycles. The van der Waals surface area contributed by atoms with Gasteiger partial charge in [0.1, 0.15) is 5.69 Å². The number of aryl methyl sites for hydroxylation is 1. The molecule has 19 heavy (non-hydrogen) atoms. The summed E-state index contributed by atoms with van der Waals surface area (Å²) in [5, 5.41) is 0. The van der Waals surface area contributed by atoms with E-state index in [2.05, 4.69) is 4.98 Å². The highest BCUT2D eigenvalue weighted by Gasteiger charge is 2.24. The SMILES string of the molecule is Cn1cncc1C(=O)N1CCc2c(N)cccc2C1. The van der Waals surface area contributed by atoms with E-state index in [9.17, 15) is 4.79 Å². The van der Waals surface area contributed by atoms with E-state index in [1.165, 1.54) is 5.56 Å². The first-order valence-electron chi connectivity index (χ1n) is 6.28. The van der Waals surface area contributed by atoms with Crippen molar-refractivity contribution in [2.24, 2.45) is 7.05 Å². The standard InChI is InChI=1S/C14H16N4O/c1-17-9-16-7-13(17)14(19)18-6-5-11-10(8-18)3-2-4-12(11)15/h2-4,7,9H,5-6,8,15H2,1H3. The molecule has 5 nitrogen and oxygen atoms in total. The van der Waals surface area contributed by atoms with E-state index in [-0.39, 0.29) is 5.91 Å². The number of nitrogen functional groups attached to an aromatic ring is 1. The van der Waals surface area contributed by atoms with Crippen molar-refractivity contribution < 1.29 is 4.79 Å². The fourth-order valence-corrected chi connectivity index (χ4v) is 2.54. The average molecular weight is 256 g/mol. The Hall–Kier alpha value is -2.30. The van der Waals surface area contributed by atoms with Gasteiger partial charge in [-0.25, -0.2) is 4.98 Å². The molecule has 1 aromatic heterocycles. The van der Waals surface area contributed by atoms with Crippen LogP contribution in [0.4, 0.5) is 5.69 Å². The summed E-state index contributed by atoms with van der Waals surface area (Å²) in [4.78, 5) is 18.2. The normalized spacial score (nSPS) is 14.3. The number of aromatic nitrogens is 2. The Labute approximate surface area is 111 Å². The Kier molecular flexibility index (Phi) is 2.74. The maximum atomic E-state index is 12.4. The summed E-state index contributed by atoms with van der Waals surface area (Å²) in [7, 11) is 1.83. The van der Waals surface area contributed by atoms with Gasteiger partial charge in [-0.3, -0.25) is 4.79 Å². The van der Waals surface area contributed by atoms with E-state index in [1.54, 1.807) is 17.1 Å². The first-order chi connectivity index (χ1) is 9.16. The molecule has 1 aliphatic rings. The van der Waals surface area contributed by atoms with Crippen LogP contribution in [0.1, 0.15) is 21.6 Å². The quantitative estimate of drug-likeness (QED) is 0.780. The van der Waals surface area contributed by atoms with E-state index in [4.69, 9.17) is 5.73 Å². The molecular weight excluding hydrogens is 240 g/mol. The fourth-order valence-electron chi connectivity index (χ4n) is 2.54. The van der Waals surface area contributed by atoms with Crippen LogP contribution in [0.3, 0.4) is 0 Å². The highest BCUT2D eigenvalue weighted by atomic mass is 16.2. The Balaban J connectivity index is 1.87. The zero-order valence-electron chi connectivity index (χ0n) is 10.8. The lowest BCUT2D eigenvalue weighted by molar-refractivity contribution is 0.0725. The van der Waals surface area contributed by atoms with Gasteiger partial charge in [-0.05, 0) is 23.6 Å². The van der Waals surface area contributed by atoms with E-state index in [0.29, 0.717) is 18.8 Å². The lowest BCUT2D eigenvalue weighted by Gasteiger charge is -2.29. The minimum atomic E-state index is 0.0214. The Morgan fingerprint density at radius 3 is 3.00 bits per heavy atom. The van der Waals surface area contributed by atoms with Crippen LogP contribution in [0, 0.1) is 0 Å². The number of nitrogens with two attached hydrogens (primary N) is 1. The monoisotopic (exact) mass is 256 g/mol. The molecule has 1 aliphatic heterocycles. The molecule has 1 amide bonds. The summed E-state index contributed by atoms with van der Waals surface area (Å²) < 4.78 is 1.75. The second kappa shape index (κ2) is 4.42. The third-order valence-electron chi connectivity index (χ3n) is 3.63. The van der Waals surface area contributed by atoms with Gasteiger partial charge in [0.2, 0.25) is 0 Å². The molecule has 0 unspecified atom stereocenters. The first kappa shape index (κ1) is 11.8. The molecule has 0 saturated heterocycles. The van der Waals surface area contributed by atoms with Gasteiger partial charge in [-0.1, -0.05) is 12.1 Å². The van der Waals surface area contributed by atoms with Crippen LogP contribution in [-0.4, -0.2) is 26.9 Å². The molecule has 0 aliphatic carbocycles. The molecule has 0 saturated carbocycles. The summed E-state index contributed by atoms with van der Waals surface area (Å²) in [6.07, 6.45) is 4.06. The molecule has 2 N–H and O–H groups in total. The number of hydrogen-bond acceptors (Lipinski definition) is 3. The van der Waals surface area contributed by atoms with Gasteiger partial charge < -0.3 is 15.2 Å². The smallest absolute Gasteiger partial charge is 0.272 e. The molecule has 2 heterocycles. The second-order valence-electron chi connectivity index (χ2n) is 4.85. The predicted octanol–water partition coefficient (Wildman–Crippen LogP) is 1.20. The minimum Gasteiger partial charge on any atom is -0.398 e. The fraction of sp³-hybridized carbons (Fsp3) is 0.286. The summed E-state index contributed by atoms with van der Waals surface area (Å²) >= 11 is 0. The number of imidazole rings is 1. The molecule has 0 fully saturated rings. The minimum absolute atomic E-state index is 0.0214. The second-order valence-corrected chi connectivity index (χ2v) is 4.85. The predicted molar refractivity (Wildman–Crippen MR) is 72.5 cm³/mol. The maximum Gasteiger partial charge on any atom is 0.272 e. The highest BCUT2D eigenvalue weighted by Crippen LogP contribution is 2.24. The van der Waals surface area contributed by atoms with Crippen LogP contribution in [-0.2, 0) is 20.0 Å². The molecule has 98 valence electrons. The van der Waals surface area contributed by atoms with Crippen LogP contribution in [0.2, 0.25) is 0 Å². The summed E-state index contributed by atoms with van der Waals surface area (Å²) in [6, 6.07) is 5.89. The molecule has 0 spiro atoms. The topological polar surface area (TPSA) is 64.2 Å². The van der Waals surface area contributed by atoms with Gasteiger partial charge in [0.05, 0.1) is 12.5 Å². The lowest BCUT2D eigenvalue weighted by atomic mass is 9.98. The van der Waals surface area contributed by atoms with Gasteiger partial charge >= 0.3 is 0 Å². The number of fused-ring (bicyclic) bond motifs is 1. The molecule has 2 aromatic rings. The number of benzene rings is 1. The van der Waals surface area contributed by atoms with Crippen molar-refractivity contribution in [3.63, 3.8) is 0 Å². The lowest BCUT2D eigenvalue weighted by Crippen LogP contribution is -2.37. The van der Waals surface area contributed by atoms with Crippen LogP contribution >= 0.6 is 0 Å². The van der Waals surface area contributed by atoms with Crippen molar-refractivity contribution >= 4 is 11.6 Å². The molecule has 5 heteroatoms. The zero-order chi connectivity index (χ0) is 13.4. The number of carbonyl (C=O) groups is 1. The number of hydrogen-bond donors (Lipinski definition) is 1. The van der Waals surface area contributed by atoms with Crippen molar-refractivity contribution in [3.05, 3.63) is 47.5 Å². The molecular formula is C14H16N4O. The van der Waals surface area contributed by atoms with Crippen molar-refractivity contribution in [1.29, 1.82) is 0 Å². The van der Waals surface area contributed by atoms with Crippen molar-refractivity contribution in [2.75, 3.05) is 12.3 Å². The Morgan fingerprint density at radius 1 is 1.42 bits per heavy atom. The van der Waals surface area contributed by atoms with Gasteiger partial charge in [0.25, 0.3) is 5.91 Å². The zero-order valence-corrected chi connectivity index (χ0v) is 10.8. The van der Waals surface area contributed by atoms with Gasteiger partial charge in [0.15, 0.2) is 0 Å². The van der Waals surface area contributed by atoms with Crippen LogP contribution in [0.15, 0.2) is 30.7 Å². The summed E-state index contributed by atoms with van der Waals surface area (Å²) in [6.45, 7) is 1.32. The first-order valence-corrected chi connectivity index (χ1v) is 6.28. The van der Waals surface area contributed by atoms with E-state index in [0.717, 1.165) is 17.7 Å². The van der Waals surface area contributed by atoms with E-state index < -0.39 is 0 Å². The molecule has 0 bridgehead atoms. The van der Waals surface area contributed by atoms with Crippen molar-refractivity contribution in [3.8, 4) is 0 Å². The number of rotatable bonds is 1. The van der Waals surface area contributed by atoms with Gasteiger partial charge in [-0.2, -0.15) is 0 Å². The highest BCUT2D eigenvalue weighted by molar-refractivity contribution is 5.92. The number of amides is 1. The Morgan fingerprint density at radius 2 is 2.26 bits per heavy atom. The number of nitrogens with zero attached hydrogens (tertiary/aromatic N) is 3. The summed E-state index contributed by atoms with van der Waals surface area (Å²) in [5.41, 5.74) is 9.72. The third-order valence-corrected chi connectivity index (χ3v) is 3.63. The molecule has 0 atom stereocenters. The third kappa shape index (κ3) is 1.97. The van der Waals surface area contributed by atoms with Crippen LogP contribution < -0.4 is 5.73 Å². The largest absolute Gasteiger partial charge is 0.398 e. The van der Waals surface area contributed by atoms with Crippen LogP contribution in [0.25, 0.3) is 0 Å². The van der Waals surface area contributed by atoms with E-state index >= 15 is 0 Å². The average Bonchev–Trinajstić information content (AvgIpc) is 2.84. The van der Waals surface area contributed by atoms with Crippen LogP contribution in [0.5, 0.6) is 0 Å². The van der Waals surface area contributed by atoms with Gasteiger partial charge in [0, 0.05) is 25.8 Å². The van der Waals surface area contributed by atoms with Crippen molar-refractivity contribution in [1.82, 2.24) is 14.5 Å². The summed E-state index contributed by atoms with van der Waals surface area (Å²) in [5.74, 6) is 0.0214. The number of anilines is 1. The maximum absolute atomic E-state index is 12.4. The molecule has 3 rings (SSSR count). The van der Waals surface area contributed by atoms with E-state index in [1.807, 2.05) is 30.1 Å². The molecule has 0 radical (unpaired) electrons. The number of carbonyl (C=O) groups excluding carboxylic acids is 1. The Bertz CT molecular complexity index is 632.